The zero-order chi connectivity index (χ0) is 45.8. The van der Waals surface area contributed by atoms with Gasteiger partial charge in [-0.15, -0.1) is 0 Å². The zero-order valence-electron chi connectivity index (χ0n) is 42.5. The van der Waals surface area contributed by atoms with Crippen molar-refractivity contribution in [3.63, 3.8) is 0 Å². The first-order valence-electron chi connectivity index (χ1n) is 26.8. The molecule has 7 rings (SSSR count). The lowest BCUT2D eigenvalue weighted by Crippen LogP contribution is -2.35. The Balaban J connectivity index is 1.27. The molecule has 0 N–H and O–H groups in total. The van der Waals surface area contributed by atoms with Crippen molar-refractivity contribution in [3.05, 3.63) is 101 Å². The second kappa shape index (κ2) is 21.7. The van der Waals surface area contributed by atoms with Gasteiger partial charge in [-0.05, 0) is 169 Å². The lowest BCUT2D eigenvalue weighted by molar-refractivity contribution is -0.0218. The highest BCUT2D eigenvalue weighted by Gasteiger charge is 2.42. The van der Waals surface area contributed by atoms with Gasteiger partial charge in [-0.1, -0.05) is 169 Å². The van der Waals surface area contributed by atoms with Gasteiger partial charge < -0.3 is 9.47 Å². The molecule has 0 bridgehead atoms. The van der Waals surface area contributed by atoms with Gasteiger partial charge >= 0.3 is 5.97 Å². The fraction of sp³-hybridized carbons (Fsp3) is 0.689. The molecule has 0 heterocycles. The van der Waals surface area contributed by atoms with Crippen LogP contribution in [0, 0.1) is 82.9 Å². The van der Waals surface area contributed by atoms with Crippen LogP contribution in [0.4, 0.5) is 0 Å². The molecule has 0 spiro atoms. The first kappa shape index (κ1) is 48.9. The number of carbonyl (C=O) groups is 1. The molecule has 0 radical (unpaired) electrons. The van der Waals surface area contributed by atoms with E-state index < -0.39 is 0 Å². The molecule has 0 amide bonds. The van der Waals surface area contributed by atoms with Crippen molar-refractivity contribution in [2.75, 3.05) is 0 Å². The Morgan fingerprint density at radius 1 is 0.453 bits per heavy atom. The second-order valence-corrected chi connectivity index (χ2v) is 24.0. The van der Waals surface area contributed by atoms with Crippen molar-refractivity contribution in [3.8, 4) is 5.75 Å². The highest BCUT2D eigenvalue weighted by molar-refractivity contribution is 5.92. The van der Waals surface area contributed by atoms with Gasteiger partial charge in [-0.3, -0.25) is 0 Å². The third-order valence-electron chi connectivity index (χ3n) is 17.9. The van der Waals surface area contributed by atoms with Crippen molar-refractivity contribution in [1.29, 1.82) is 0 Å². The van der Waals surface area contributed by atoms with E-state index in [9.17, 15) is 0 Å². The Bertz CT molecular complexity index is 1940. The van der Waals surface area contributed by atoms with Crippen molar-refractivity contribution >= 4 is 5.97 Å². The quantitative estimate of drug-likeness (QED) is 0.151. The highest BCUT2D eigenvalue weighted by atomic mass is 16.5. The predicted octanol–water partition coefficient (Wildman–Crippen LogP) is 17.5. The maximum absolute atomic E-state index is 15.2. The molecule has 3 heteroatoms. The standard InChI is InChI=1S/C61H90O3/c1-37(2)49-27-23-41(9)31-54(49)45-17-15-19-47(35-45)59(56-33-43(11)25-29-51(56)39(5)6)63-58-22-14-13-21-53(58)61(62)64-60(57-34-44(12)26-30-52(57)40(7)8)48-20-16-18-46(36-48)55-32-42(10)24-28-50(55)38(3)4/h13-22,35-44,49-52,54-57,59-60H,23-34H2,1-12H3. The lowest BCUT2D eigenvalue weighted by atomic mass is 9.66. The molecule has 4 aliphatic carbocycles. The number of hydrogen-bond donors (Lipinski definition) is 0. The summed E-state index contributed by atoms with van der Waals surface area (Å²) in [5, 5.41) is 0. The van der Waals surface area contributed by atoms with Gasteiger partial charge in [0, 0.05) is 11.8 Å². The maximum Gasteiger partial charge on any atom is 0.342 e. The number of hydrogen-bond acceptors (Lipinski definition) is 3. The molecular weight excluding hydrogens is 781 g/mol. The second-order valence-electron chi connectivity index (χ2n) is 24.0. The fourth-order valence-electron chi connectivity index (χ4n) is 14.2. The fourth-order valence-corrected chi connectivity index (χ4v) is 14.2. The average molecular weight is 871 g/mol. The van der Waals surface area contributed by atoms with Gasteiger partial charge in [0.2, 0.25) is 0 Å². The van der Waals surface area contributed by atoms with Crippen molar-refractivity contribution in [2.45, 2.75) is 184 Å². The van der Waals surface area contributed by atoms with Gasteiger partial charge in [0.15, 0.2) is 0 Å². The third kappa shape index (κ3) is 11.4. The average Bonchev–Trinajstić information content (AvgIpc) is 3.27. The van der Waals surface area contributed by atoms with Crippen LogP contribution >= 0.6 is 0 Å². The van der Waals surface area contributed by atoms with E-state index in [4.69, 9.17) is 9.47 Å². The summed E-state index contributed by atoms with van der Waals surface area (Å²) in [5.74, 6) is 9.56. The molecule has 3 aromatic rings. The summed E-state index contributed by atoms with van der Waals surface area (Å²) >= 11 is 0. The van der Waals surface area contributed by atoms with Crippen molar-refractivity contribution < 1.29 is 14.3 Å². The number of rotatable bonds is 14. The molecule has 3 aromatic carbocycles. The Morgan fingerprint density at radius 2 is 0.859 bits per heavy atom. The number of ether oxygens (including phenoxy) is 2. The molecule has 4 fully saturated rings. The van der Waals surface area contributed by atoms with Crippen LogP contribution in [0.2, 0.25) is 0 Å². The SMILES string of the molecule is CC1CCC(C(C)C)C(c2cccc(C(OC(=O)c3ccccc3OC(c3cccc(C4CC(C)CCC4C(C)C)c3)C3CC(C)CCC3C(C)C)C3CC(C)CCC3C(C)C)c2)C1. The smallest absolute Gasteiger partial charge is 0.342 e. The highest BCUT2D eigenvalue weighted by Crippen LogP contribution is 2.51. The molecule has 0 aromatic heterocycles. The van der Waals surface area contributed by atoms with E-state index in [1.807, 2.05) is 18.2 Å². The van der Waals surface area contributed by atoms with E-state index in [2.05, 4.69) is 138 Å². The topological polar surface area (TPSA) is 35.5 Å². The van der Waals surface area contributed by atoms with E-state index in [0.717, 1.165) is 24.7 Å². The van der Waals surface area contributed by atoms with Crippen LogP contribution in [-0.4, -0.2) is 5.97 Å². The first-order chi connectivity index (χ1) is 30.6. The predicted molar refractivity (Wildman–Crippen MR) is 269 cm³/mol. The summed E-state index contributed by atoms with van der Waals surface area (Å²) in [6.07, 6.45) is 14.4. The normalized spacial score (nSPS) is 32.4. The molecule has 64 heavy (non-hydrogen) atoms. The van der Waals surface area contributed by atoms with Crippen LogP contribution in [0.15, 0.2) is 72.8 Å². The molecule has 4 aliphatic rings. The minimum Gasteiger partial charge on any atom is -0.485 e. The molecule has 4 saturated carbocycles. The van der Waals surface area contributed by atoms with E-state index in [1.54, 1.807) is 0 Å². The third-order valence-corrected chi connectivity index (χ3v) is 17.9. The molecule has 14 unspecified atom stereocenters. The summed E-state index contributed by atoms with van der Waals surface area (Å²) < 4.78 is 14.6. The Kier molecular flexibility index (Phi) is 16.6. The molecular formula is C61H90O3. The number of benzene rings is 3. The summed E-state index contributed by atoms with van der Waals surface area (Å²) in [4.78, 5) is 15.2. The number of para-hydroxylation sites is 1. The summed E-state index contributed by atoms with van der Waals surface area (Å²) in [6, 6.07) is 27.0. The zero-order valence-corrected chi connectivity index (χ0v) is 42.5. The first-order valence-corrected chi connectivity index (χ1v) is 26.8. The molecule has 352 valence electrons. The minimum atomic E-state index is -0.321. The summed E-state index contributed by atoms with van der Waals surface area (Å²) in [6.45, 7) is 29.0. The van der Waals surface area contributed by atoms with E-state index in [-0.39, 0.29) is 24.1 Å². The minimum absolute atomic E-state index is 0.161. The molecule has 3 nitrogen and oxygen atoms in total. The van der Waals surface area contributed by atoms with Gasteiger partial charge in [-0.25, -0.2) is 4.79 Å². The van der Waals surface area contributed by atoms with Crippen LogP contribution < -0.4 is 4.74 Å². The van der Waals surface area contributed by atoms with E-state index in [0.29, 0.717) is 88.2 Å². The van der Waals surface area contributed by atoms with E-state index in [1.165, 1.54) is 86.5 Å². The molecule has 14 atom stereocenters. The van der Waals surface area contributed by atoms with Gasteiger partial charge in [0.05, 0.1) is 0 Å². The maximum atomic E-state index is 15.2. The van der Waals surface area contributed by atoms with Gasteiger partial charge in [0.1, 0.15) is 23.5 Å². The van der Waals surface area contributed by atoms with E-state index >= 15 is 4.79 Å². The van der Waals surface area contributed by atoms with Gasteiger partial charge in [-0.2, -0.15) is 0 Å². The Labute approximate surface area is 392 Å². The monoisotopic (exact) mass is 871 g/mol. The number of esters is 1. The van der Waals surface area contributed by atoms with Crippen LogP contribution in [0.25, 0.3) is 0 Å². The summed E-state index contributed by atoms with van der Waals surface area (Å²) in [7, 11) is 0. The lowest BCUT2D eigenvalue weighted by Gasteiger charge is -2.42. The van der Waals surface area contributed by atoms with Crippen LogP contribution in [0.5, 0.6) is 5.75 Å². The Hall–Kier alpha value is -3.07. The van der Waals surface area contributed by atoms with Crippen LogP contribution in [-0.2, 0) is 4.74 Å². The van der Waals surface area contributed by atoms with Gasteiger partial charge in [0.25, 0.3) is 0 Å². The molecule has 0 saturated heterocycles. The largest absolute Gasteiger partial charge is 0.485 e. The van der Waals surface area contributed by atoms with Crippen molar-refractivity contribution in [1.82, 2.24) is 0 Å². The van der Waals surface area contributed by atoms with Crippen molar-refractivity contribution in [2.24, 2.45) is 82.9 Å². The van der Waals surface area contributed by atoms with Crippen LogP contribution in [0.3, 0.4) is 0 Å². The molecule has 0 aliphatic heterocycles. The summed E-state index contributed by atoms with van der Waals surface area (Å²) in [5.41, 5.74) is 5.92. The Morgan fingerprint density at radius 3 is 1.33 bits per heavy atom. The number of carbonyl (C=O) groups excluding carboxylic acids is 1. The van der Waals surface area contributed by atoms with Crippen LogP contribution in [0.1, 0.15) is 217 Å².